The number of hydrogen-bond donors (Lipinski definition) is 2. The first-order chi connectivity index (χ1) is 16.8. The minimum absolute atomic E-state index is 0.143. The van der Waals surface area contributed by atoms with Crippen molar-refractivity contribution in [1.29, 1.82) is 0 Å². The van der Waals surface area contributed by atoms with Gasteiger partial charge >= 0.3 is 25.7 Å². The summed E-state index contributed by atoms with van der Waals surface area (Å²) < 4.78 is 33.0. The summed E-state index contributed by atoms with van der Waals surface area (Å²) in [6, 6.07) is 1.82. The molecule has 0 spiro atoms. The van der Waals surface area contributed by atoms with E-state index in [1.165, 1.54) is 38.5 Å². The summed E-state index contributed by atoms with van der Waals surface area (Å²) in [5, 5.41) is 18.5. The normalized spacial score (nSPS) is 17.4. The summed E-state index contributed by atoms with van der Waals surface area (Å²) in [6.45, 7) is 24.7. The largest absolute Gasteiger partial charge is 0.437 e. The van der Waals surface area contributed by atoms with Gasteiger partial charge in [0.15, 0.2) is 16.6 Å². The topological polar surface area (TPSA) is 86.6 Å². The van der Waals surface area contributed by atoms with Gasteiger partial charge in [-0.25, -0.2) is 0 Å². The van der Waals surface area contributed by atoms with Gasteiger partial charge in [0.2, 0.25) is 0 Å². The number of unbranched alkanes of at least 4 members (excludes halogenated alkanes) is 6. The van der Waals surface area contributed by atoms with Crippen LogP contribution < -0.4 is 0 Å². The lowest BCUT2D eigenvalue weighted by Gasteiger charge is -2.44. The molecule has 3 unspecified atom stereocenters. The highest BCUT2D eigenvalue weighted by atomic mass is 28.5. The molecular weight excluding hydrogens is 553 g/mol. The number of hydrogen-bond acceptors (Lipinski definition) is 7. The average molecular weight is 615 g/mol. The zero-order valence-electron chi connectivity index (χ0n) is 26.2. The first kappa shape index (κ1) is 37.8. The predicted octanol–water partition coefficient (Wildman–Crippen LogP) is 7.08. The van der Waals surface area contributed by atoms with E-state index in [1.807, 2.05) is 0 Å². The molecule has 0 rings (SSSR count). The van der Waals surface area contributed by atoms with Gasteiger partial charge in [0.1, 0.15) is 6.10 Å². The van der Waals surface area contributed by atoms with E-state index >= 15 is 0 Å². The van der Waals surface area contributed by atoms with Crippen molar-refractivity contribution in [3.8, 4) is 0 Å². The van der Waals surface area contributed by atoms with Gasteiger partial charge in [0, 0.05) is 6.61 Å². The molecule has 0 aliphatic heterocycles. The highest BCUT2D eigenvalue weighted by Gasteiger charge is 2.47. The molecule has 0 radical (unpaired) electrons. The van der Waals surface area contributed by atoms with Crippen molar-refractivity contribution in [1.82, 2.24) is 0 Å². The molecule has 224 valence electrons. The maximum atomic E-state index is 9.51. The summed E-state index contributed by atoms with van der Waals surface area (Å²) in [5.74, 6) is 0. The van der Waals surface area contributed by atoms with Gasteiger partial charge in [-0.15, -0.1) is 0 Å². The molecule has 2 N–H and O–H groups in total. The second-order valence-electron chi connectivity index (χ2n) is 13.2. The third-order valence-corrected chi connectivity index (χ3v) is 23.9. The van der Waals surface area contributed by atoms with Gasteiger partial charge < -0.3 is 31.4 Å². The van der Waals surface area contributed by atoms with Crippen LogP contribution in [0.25, 0.3) is 0 Å². The zero-order valence-corrected chi connectivity index (χ0v) is 31.2. The number of aliphatic hydroxyl groups excluding tert-OH is 2. The first-order valence-corrected chi connectivity index (χ1v) is 29.2. The van der Waals surface area contributed by atoms with Crippen LogP contribution in [0.5, 0.6) is 0 Å². The van der Waals surface area contributed by atoms with Gasteiger partial charge in [0.25, 0.3) is 0 Å². The molecule has 7 nitrogen and oxygen atoms in total. The lowest BCUT2D eigenvalue weighted by molar-refractivity contribution is 0.00623. The molecule has 0 aromatic heterocycles. The smallest absolute Gasteiger partial charge is 0.315 e. The maximum absolute atomic E-state index is 9.51. The fourth-order valence-corrected chi connectivity index (χ4v) is 28.4. The van der Waals surface area contributed by atoms with Crippen LogP contribution in [-0.2, 0) is 21.2 Å². The summed E-state index contributed by atoms with van der Waals surface area (Å²) in [7, 11) is -11.1. The average Bonchev–Trinajstić information content (AvgIpc) is 2.68. The van der Waals surface area contributed by atoms with E-state index in [1.54, 1.807) is 0 Å². The Hall–Kier alpha value is 0.804. The molecule has 0 bridgehead atoms. The molecule has 3 atom stereocenters. The molecule has 12 heteroatoms. The third-order valence-electron chi connectivity index (χ3n) is 5.64. The molecule has 0 fully saturated rings. The summed E-state index contributed by atoms with van der Waals surface area (Å²) >= 11 is 0. The van der Waals surface area contributed by atoms with E-state index in [9.17, 15) is 5.11 Å². The molecule has 0 saturated carbocycles. The van der Waals surface area contributed by atoms with Crippen molar-refractivity contribution in [2.45, 2.75) is 142 Å². The fourth-order valence-electron chi connectivity index (χ4n) is 4.77. The van der Waals surface area contributed by atoms with Gasteiger partial charge in [-0.05, 0) is 84.0 Å². The van der Waals surface area contributed by atoms with E-state index in [4.69, 9.17) is 26.3 Å². The summed E-state index contributed by atoms with van der Waals surface area (Å²) in [6.07, 6.45) is 8.93. The van der Waals surface area contributed by atoms with Crippen molar-refractivity contribution in [3.63, 3.8) is 0 Å². The lowest BCUT2D eigenvalue weighted by Crippen LogP contribution is -2.59. The van der Waals surface area contributed by atoms with Crippen molar-refractivity contribution >= 4 is 42.3 Å². The minimum atomic E-state index is -2.55. The molecule has 37 heavy (non-hydrogen) atoms. The Bertz CT molecular complexity index is 601. The molecule has 0 aliphatic rings. The monoisotopic (exact) mass is 614 g/mol. The number of aliphatic hydroxyl groups is 2. The van der Waals surface area contributed by atoms with Crippen LogP contribution in [-0.4, -0.2) is 78.5 Å². The Labute approximate surface area is 235 Å². The standard InChI is InChI=1S/C25H62O7Si5/c1-12-13-14-15-16-17-18-21-36(10,29-33(2,3)4)31-35(8,9)32-37(11,30-34(5,6)7)22-19-20-28-24-25(27)23-26/h25-27H,12-24H2,1-11H3. The highest BCUT2D eigenvalue weighted by molar-refractivity contribution is 6.90. The third kappa shape index (κ3) is 21.2. The summed E-state index contributed by atoms with van der Waals surface area (Å²) in [4.78, 5) is 0. The van der Waals surface area contributed by atoms with Gasteiger partial charge in [-0.3, -0.25) is 0 Å². The quantitative estimate of drug-likeness (QED) is 0.0939. The van der Waals surface area contributed by atoms with Crippen LogP contribution in [0.4, 0.5) is 0 Å². The maximum Gasteiger partial charge on any atom is 0.315 e. The van der Waals surface area contributed by atoms with Gasteiger partial charge in [-0.2, -0.15) is 0 Å². The Kier molecular flexibility index (Phi) is 18.0. The van der Waals surface area contributed by atoms with Crippen molar-refractivity contribution in [2.75, 3.05) is 19.8 Å². The van der Waals surface area contributed by atoms with Crippen LogP contribution >= 0.6 is 0 Å². The number of ether oxygens (including phenoxy) is 1. The van der Waals surface area contributed by atoms with Crippen molar-refractivity contribution in [2.24, 2.45) is 0 Å². The Morgan fingerprint density at radius 3 is 1.46 bits per heavy atom. The van der Waals surface area contributed by atoms with Gasteiger partial charge in [-0.1, -0.05) is 51.9 Å². The molecule has 0 heterocycles. The zero-order chi connectivity index (χ0) is 28.8. The Morgan fingerprint density at radius 1 is 0.595 bits per heavy atom. The van der Waals surface area contributed by atoms with Crippen LogP contribution in [0.2, 0.25) is 77.6 Å². The number of rotatable bonds is 23. The molecule has 0 saturated heterocycles. The van der Waals surface area contributed by atoms with Crippen LogP contribution in [0.3, 0.4) is 0 Å². The molecule has 0 amide bonds. The highest BCUT2D eigenvalue weighted by Crippen LogP contribution is 2.31. The van der Waals surface area contributed by atoms with E-state index < -0.39 is 48.4 Å². The fraction of sp³-hybridized carbons (Fsp3) is 1.00. The lowest BCUT2D eigenvalue weighted by atomic mass is 10.1. The van der Waals surface area contributed by atoms with Gasteiger partial charge in [0.05, 0.1) is 13.2 Å². The Morgan fingerprint density at radius 2 is 1.03 bits per heavy atom. The van der Waals surface area contributed by atoms with Crippen LogP contribution in [0.15, 0.2) is 0 Å². The molecule has 0 aromatic rings. The van der Waals surface area contributed by atoms with Crippen molar-refractivity contribution < 1.29 is 31.4 Å². The first-order valence-electron chi connectivity index (χ1n) is 14.5. The molecule has 0 aromatic carbocycles. The second-order valence-corrected chi connectivity index (χ2v) is 33.2. The predicted molar refractivity (Wildman–Crippen MR) is 168 cm³/mol. The summed E-state index contributed by atoms with van der Waals surface area (Å²) in [5.41, 5.74) is 0. The van der Waals surface area contributed by atoms with E-state index in [0.717, 1.165) is 24.9 Å². The minimum Gasteiger partial charge on any atom is -0.437 e. The molecular formula is C25H62O7Si5. The van der Waals surface area contributed by atoms with Crippen LogP contribution in [0.1, 0.15) is 58.3 Å². The van der Waals surface area contributed by atoms with E-state index in [-0.39, 0.29) is 13.2 Å². The molecule has 0 aliphatic carbocycles. The second kappa shape index (κ2) is 17.6. The SMILES string of the molecule is CCCCCCCCC[Si](C)(O[Si](C)(C)C)O[Si](C)(C)O[Si](C)(CCCOCC(O)CO)O[Si](C)(C)C. The van der Waals surface area contributed by atoms with Crippen LogP contribution in [0, 0.1) is 0 Å². The Balaban J connectivity index is 5.29. The van der Waals surface area contributed by atoms with E-state index in [0.29, 0.717) is 6.61 Å². The van der Waals surface area contributed by atoms with Crippen molar-refractivity contribution in [3.05, 3.63) is 0 Å². The van der Waals surface area contributed by atoms with E-state index in [2.05, 4.69) is 72.4 Å².